The molecule has 0 aliphatic heterocycles. The second-order valence-electron chi connectivity index (χ2n) is 8.30. The highest BCUT2D eigenvalue weighted by molar-refractivity contribution is 7.92. The molecule has 0 saturated carbocycles. The van der Waals surface area contributed by atoms with Crippen LogP contribution in [0.3, 0.4) is 0 Å². The van der Waals surface area contributed by atoms with Crippen LogP contribution in [0.15, 0.2) is 42.5 Å². The minimum Gasteiger partial charge on any atom is -0.354 e. The summed E-state index contributed by atoms with van der Waals surface area (Å²) < 4.78 is 39.4. The molecule has 2 amide bonds. The van der Waals surface area contributed by atoms with E-state index < -0.39 is 34.3 Å². The Bertz CT molecular complexity index is 1140. The van der Waals surface area contributed by atoms with Crippen LogP contribution in [-0.4, -0.2) is 50.5 Å². The number of nitrogens with zero attached hydrogens (tertiary/aromatic N) is 2. The summed E-state index contributed by atoms with van der Waals surface area (Å²) in [6.45, 7) is 5.22. The van der Waals surface area contributed by atoms with E-state index in [0.29, 0.717) is 17.1 Å². The predicted octanol–water partition coefficient (Wildman–Crippen LogP) is 4.09. The van der Waals surface area contributed by atoms with Crippen molar-refractivity contribution in [1.29, 1.82) is 0 Å². The fraction of sp³-hybridized carbons (Fsp3) is 0.391. The van der Waals surface area contributed by atoms with E-state index in [9.17, 15) is 22.4 Å². The Hall–Kier alpha value is -2.36. The van der Waals surface area contributed by atoms with E-state index in [-0.39, 0.29) is 29.1 Å². The van der Waals surface area contributed by atoms with E-state index in [1.54, 1.807) is 31.2 Å². The van der Waals surface area contributed by atoms with Gasteiger partial charge in [0.25, 0.3) is 0 Å². The summed E-state index contributed by atoms with van der Waals surface area (Å²) in [7, 11) is -3.95. The second-order valence-corrected chi connectivity index (χ2v) is 11.0. The van der Waals surface area contributed by atoms with Crippen LogP contribution in [0.5, 0.6) is 0 Å². The van der Waals surface area contributed by atoms with Crippen LogP contribution in [0.2, 0.25) is 10.0 Å². The Labute approximate surface area is 209 Å². The van der Waals surface area contributed by atoms with Crippen molar-refractivity contribution in [1.82, 2.24) is 10.2 Å². The fourth-order valence-corrected chi connectivity index (χ4v) is 4.31. The average Bonchev–Trinajstić information content (AvgIpc) is 2.75. The molecule has 1 N–H and O–H groups in total. The van der Waals surface area contributed by atoms with Crippen molar-refractivity contribution in [3.63, 3.8) is 0 Å². The monoisotopic (exact) mass is 531 g/mol. The first kappa shape index (κ1) is 27.9. The Morgan fingerprint density at radius 2 is 1.71 bits per heavy atom. The summed E-state index contributed by atoms with van der Waals surface area (Å²) in [5.74, 6) is -1.54. The minimum atomic E-state index is -3.95. The summed E-state index contributed by atoms with van der Waals surface area (Å²) in [6.07, 6.45) is 0.925. The van der Waals surface area contributed by atoms with Crippen LogP contribution >= 0.6 is 23.2 Å². The van der Waals surface area contributed by atoms with Gasteiger partial charge in [0.1, 0.15) is 18.4 Å². The van der Waals surface area contributed by atoms with Gasteiger partial charge in [-0.1, -0.05) is 55.2 Å². The van der Waals surface area contributed by atoms with E-state index >= 15 is 0 Å². The number of hydrogen-bond acceptors (Lipinski definition) is 4. The molecule has 2 rings (SSSR count). The largest absolute Gasteiger partial charge is 0.354 e. The molecule has 2 aromatic rings. The van der Waals surface area contributed by atoms with Crippen molar-refractivity contribution in [3.8, 4) is 0 Å². The van der Waals surface area contributed by atoms with Gasteiger partial charge < -0.3 is 10.2 Å². The van der Waals surface area contributed by atoms with Gasteiger partial charge >= 0.3 is 0 Å². The van der Waals surface area contributed by atoms with Crippen LogP contribution in [0.25, 0.3) is 0 Å². The van der Waals surface area contributed by atoms with Crippen molar-refractivity contribution < 1.29 is 22.4 Å². The maximum Gasteiger partial charge on any atom is 0.244 e. The van der Waals surface area contributed by atoms with Crippen molar-refractivity contribution in [3.05, 3.63) is 63.9 Å². The van der Waals surface area contributed by atoms with E-state index in [1.165, 1.54) is 11.0 Å². The molecule has 7 nitrogen and oxygen atoms in total. The van der Waals surface area contributed by atoms with E-state index in [0.717, 1.165) is 22.7 Å². The van der Waals surface area contributed by atoms with E-state index in [4.69, 9.17) is 23.2 Å². The van der Waals surface area contributed by atoms with Crippen LogP contribution in [0.1, 0.15) is 26.3 Å². The third-order valence-corrected chi connectivity index (χ3v) is 6.82. The number of carbonyl (C=O) groups is 2. The molecule has 34 heavy (non-hydrogen) atoms. The SMILES string of the molecule is CC(C)CNC(=O)[C@@H](C)N(Cc1ccccc1Cl)C(=O)CN(c1ccc(F)c(Cl)c1)S(C)(=O)=O. The Kier molecular flexibility index (Phi) is 9.73. The lowest BCUT2D eigenvalue weighted by atomic mass is 10.1. The number of rotatable bonds is 10. The predicted molar refractivity (Wildman–Crippen MR) is 133 cm³/mol. The number of hydrogen-bond donors (Lipinski definition) is 1. The van der Waals surface area contributed by atoms with Gasteiger partial charge in [-0.05, 0) is 42.7 Å². The van der Waals surface area contributed by atoms with Crippen molar-refractivity contribution >= 4 is 50.7 Å². The van der Waals surface area contributed by atoms with Crippen molar-refractivity contribution in [2.75, 3.05) is 23.7 Å². The molecule has 0 radical (unpaired) electrons. The number of anilines is 1. The molecule has 0 aliphatic rings. The van der Waals surface area contributed by atoms with Gasteiger partial charge in [0.15, 0.2) is 0 Å². The topological polar surface area (TPSA) is 86.8 Å². The number of halogens is 3. The number of carbonyl (C=O) groups excluding carboxylic acids is 2. The molecule has 0 heterocycles. The molecule has 0 saturated heterocycles. The Morgan fingerprint density at radius 1 is 1.06 bits per heavy atom. The first-order valence-electron chi connectivity index (χ1n) is 10.5. The number of amides is 2. The summed E-state index contributed by atoms with van der Waals surface area (Å²) in [4.78, 5) is 27.5. The molecule has 0 bridgehead atoms. The summed E-state index contributed by atoms with van der Waals surface area (Å²) in [5, 5.41) is 2.91. The van der Waals surface area contributed by atoms with Gasteiger partial charge in [0, 0.05) is 18.1 Å². The lowest BCUT2D eigenvalue weighted by Gasteiger charge is -2.32. The Balaban J connectivity index is 2.40. The zero-order valence-electron chi connectivity index (χ0n) is 19.4. The second kappa shape index (κ2) is 11.9. The van der Waals surface area contributed by atoms with E-state index in [2.05, 4.69) is 5.32 Å². The quantitative estimate of drug-likeness (QED) is 0.500. The molecule has 11 heteroatoms. The molecule has 0 aromatic heterocycles. The average molecular weight is 532 g/mol. The van der Waals surface area contributed by atoms with Crippen LogP contribution in [-0.2, 0) is 26.2 Å². The highest BCUT2D eigenvalue weighted by atomic mass is 35.5. The lowest BCUT2D eigenvalue weighted by molar-refractivity contribution is -0.139. The van der Waals surface area contributed by atoms with Gasteiger partial charge in [-0.25, -0.2) is 12.8 Å². The maximum absolute atomic E-state index is 13.6. The first-order chi connectivity index (χ1) is 15.8. The summed E-state index contributed by atoms with van der Waals surface area (Å²) in [6, 6.07) is 9.30. The molecule has 0 fully saturated rings. The highest BCUT2D eigenvalue weighted by Gasteiger charge is 2.30. The molecule has 0 spiro atoms. The van der Waals surface area contributed by atoms with Crippen LogP contribution < -0.4 is 9.62 Å². The van der Waals surface area contributed by atoms with Gasteiger partial charge in [-0.15, -0.1) is 0 Å². The zero-order chi connectivity index (χ0) is 25.6. The summed E-state index contributed by atoms with van der Waals surface area (Å²) >= 11 is 12.1. The zero-order valence-corrected chi connectivity index (χ0v) is 21.7. The minimum absolute atomic E-state index is 0.0173. The number of nitrogens with one attached hydrogen (secondary N) is 1. The van der Waals surface area contributed by atoms with Crippen LogP contribution in [0, 0.1) is 11.7 Å². The van der Waals surface area contributed by atoms with Gasteiger partial charge in [0.2, 0.25) is 21.8 Å². The smallest absolute Gasteiger partial charge is 0.244 e. The fourth-order valence-electron chi connectivity index (χ4n) is 3.10. The molecular formula is C23H28Cl2FN3O4S. The maximum atomic E-state index is 13.6. The molecule has 1 atom stereocenters. The third kappa shape index (κ3) is 7.58. The normalized spacial score (nSPS) is 12.4. The van der Waals surface area contributed by atoms with Crippen LogP contribution in [0.4, 0.5) is 10.1 Å². The lowest BCUT2D eigenvalue weighted by Crippen LogP contribution is -2.51. The third-order valence-electron chi connectivity index (χ3n) is 5.02. The molecular weight excluding hydrogens is 504 g/mol. The number of benzene rings is 2. The highest BCUT2D eigenvalue weighted by Crippen LogP contribution is 2.25. The van der Waals surface area contributed by atoms with Gasteiger partial charge in [0.05, 0.1) is 17.0 Å². The summed E-state index contributed by atoms with van der Waals surface area (Å²) in [5.41, 5.74) is 0.619. The first-order valence-corrected chi connectivity index (χ1v) is 13.1. The molecule has 186 valence electrons. The molecule has 2 aromatic carbocycles. The Morgan fingerprint density at radius 3 is 2.26 bits per heavy atom. The van der Waals surface area contributed by atoms with Gasteiger partial charge in [-0.2, -0.15) is 0 Å². The molecule has 0 unspecified atom stereocenters. The standard InChI is InChI=1S/C23H28Cl2FN3O4S/c1-15(2)12-27-23(31)16(3)28(13-17-7-5-6-8-19(17)24)22(30)14-29(34(4,32)33)18-9-10-21(26)20(25)11-18/h5-11,15-16H,12-14H2,1-4H3,(H,27,31)/t16-/m1/s1. The molecule has 0 aliphatic carbocycles. The van der Waals surface area contributed by atoms with Crippen molar-refractivity contribution in [2.45, 2.75) is 33.4 Å². The number of sulfonamides is 1. The van der Waals surface area contributed by atoms with Gasteiger partial charge in [-0.3, -0.25) is 13.9 Å². The van der Waals surface area contributed by atoms with Crippen molar-refractivity contribution in [2.24, 2.45) is 5.92 Å². The van der Waals surface area contributed by atoms with E-state index in [1.807, 2.05) is 13.8 Å².